The summed E-state index contributed by atoms with van der Waals surface area (Å²) in [6, 6.07) is 9.64. The predicted octanol–water partition coefficient (Wildman–Crippen LogP) is 3.59. The molecule has 0 atom stereocenters. The van der Waals surface area contributed by atoms with Crippen molar-refractivity contribution in [2.45, 2.75) is 31.6 Å². The average molecular weight is 264 g/mol. The molecule has 1 aliphatic carbocycles. The first-order valence-corrected chi connectivity index (χ1v) is 6.35. The molecule has 0 heterocycles. The zero-order valence-electron chi connectivity index (χ0n) is 9.90. The van der Waals surface area contributed by atoms with Gasteiger partial charge in [0, 0.05) is 5.02 Å². The van der Waals surface area contributed by atoms with Crippen LogP contribution in [0.1, 0.15) is 37.2 Å². The zero-order valence-corrected chi connectivity index (χ0v) is 10.7. The molecule has 4 heteroatoms. The average Bonchev–Trinajstić information content (AvgIpc) is 2.38. The Balaban J connectivity index is 2.12. The molecule has 1 fully saturated rings. The fourth-order valence-electron chi connectivity index (χ4n) is 2.58. The van der Waals surface area contributed by atoms with E-state index in [1.807, 2.05) is 30.3 Å². The number of nitriles is 1. The fourth-order valence-corrected chi connectivity index (χ4v) is 2.78. The second-order valence-corrected chi connectivity index (χ2v) is 5.26. The first-order chi connectivity index (χ1) is 8.57. The molecule has 1 saturated carbocycles. The van der Waals surface area contributed by atoms with Crippen LogP contribution in [0.4, 0.5) is 0 Å². The van der Waals surface area contributed by atoms with Crippen molar-refractivity contribution in [1.29, 1.82) is 5.26 Å². The first-order valence-electron chi connectivity index (χ1n) is 5.97. The quantitative estimate of drug-likeness (QED) is 0.887. The van der Waals surface area contributed by atoms with Crippen molar-refractivity contribution >= 4 is 17.6 Å². The van der Waals surface area contributed by atoms with Gasteiger partial charge in [0.15, 0.2) is 5.41 Å². The van der Waals surface area contributed by atoms with Crippen molar-refractivity contribution in [2.24, 2.45) is 5.41 Å². The van der Waals surface area contributed by atoms with E-state index in [9.17, 15) is 4.79 Å². The summed E-state index contributed by atoms with van der Waals surface area (Å²) in [7, 11) is 0. The molecule has 94 valence electrons. The van der Waals surface area contributed by atoms with E-state index < -0.39 is 11.4 Å². The van der Waals surface area contributed by atoms with Gasteiger partial charge in [-0.05, 0) is 49.3 Å². The number of nitrogens with zero attached hydrogens (tertiary/aromatic N) is 1. The van der Waals surface area contributed by atoms with Crippen molar-refractivity contribution in [3.05, 3.63) is 34.9 Å². The SMILES string of the molecule is N#C[C@]1(C(=O)O)CC[C@@H](c2cccc(Cl)c2)CC1. The molecule has 1 aromatic rings. The standard InChI is InChI=1S/C14H14ClNO2/c15-12-3-1-2-11(8-12)10-4-6-14(9-16,7-5-10)13(17)18/h1-3,8,10H,4-7H2,(H,17,18)/t10-,14+. The van der Waals surface area contributed by atoms with Crippen molar-refractivity contribution in [1.82, 2.24) is 0 Å². The Labute approximate surface area is 111 Å². The van der Waals surface area contributed by atoms with Crippen LogP contribution in [0.5, 0.6) is 0 Å². The smallest absolute Gasteiger partial charge is 0.324 e. The van der Waals surface area contributed by atoms with E-state index in [1.165, 1.54) is 0 Å². The minimum Gasteiger partial charge on any atom is -0.480 e. The fraction of sp³-hybridized carbons (Fsp3) is 0.429. The van der Waals surface area contributed by atoms with Crippen LogP contribution in [0, 0.1) is 16.7 Å². The molecular weight excluding hydrogens is 250 g/mol. The highest BCUT2D eigenvalue weighted by Gasteiger charge is 2.42. The lowest BCUT2D eigenvalue weighted by atomic mass is 9.70. The lowest BCUT2D eigenvalue weighted by molar-refractivity contribution is -0.147. The van der Waals surface area contributed by atoms with Gasteiger partial charge in [-0.15, -0.1) is 0 Å². The van der Waals surface area contributed by atoms with E-state index in [4.69, 9.17) is 22.0 Å². The molecule has 0 aliphatic heterocycles. The summed E-state index contributed by atoms with van der Waals surface area (Å²) in [4.78, 5) is 11.2. The second-order valence-electron chi connectivity index (χ2n) is 4.83. The summed E-state index contributed by atoms with van der Waals surface area (Å²) in [6.45, 7) is 0. The summed E-state index contributed by atoms with van der Waals surface area (Å²) in [5.41, 5.74) is -0.0471. The Morgan fingerprint density at radius 2 is 2.11 bits per heavy atom. The van der Waals surface area contributed by atoms with Crippen LogP contribution in [0.15, 0.2) is 24.3 Å². The molecular formula is C14H14ClNO2. The first kappa shape index (κ1) is 12.9. The van der Waals surface area contributed by atoms with Crippen molar-refractivity contribution in [3.8, 4) is 6.07 Å². The van der Waals surface area contributed by atoms with E-state index >= 15 is 0 Å². The molecule has 0 spiro atoms. The Kier molecular flexibility index (Phi) is 3.58. The van der Waals surface area contributed by atoms with Gasteiger partial charge in [-0.1, -0.05) is 23.7 Å². The molecule has 2 rings (SSSR count). The van der Waals surface area contributed by atoms with E-state index in [0.717, 1.165) is 18.4 Å². The number of carboxylic acid groups (broad SMARTS) is 1. The molecule has 18 heavy (non-hydrogen) atoms. The van der Waals surface area contributed by atoms with Gasteiger partial charge in [-0.2, -0.15) is 5.26 Å². The highest BCUT2D eigenvalue weighted by molar-refractivity contribution is 6.30. The Bertz CT molecular complexity index is 499. The largest absolute Gasteiger partial charge is 0.480 e. The summed E-state index contributed by atoms with van der Waals surface area (Å²) < 4.78 is 0. The van der Waals surface area contributed by atoms with Crippen LogP contribution >= 0.6 is 11.6 Å². The molecule has 0 saturated heterocycles. The van der Waals surface area contributed by atoms with Gasteiger partial charge in [0.05, 0.1) is 6.07 Å². The van der Waals surface area contributed by atoms with Crippen molar-refractivity contribution in [3.63, 3.8) is 0 Å². The van der Waals surface area contributed by atoms with Crippen LogP contribution in [-0.4, -0.2) is 11.1 Å². The van der Waals surface area contributed by atoms with Gasteiger partial charge in [0.25, 0.3) is 0 Å². The number of hydrogen-bond donors (Lipinski definition) is 1. The minimum absolute atomic E-state index is 0.310. The lowest BCUT2D eigenvalue weighted by Crippen LogP contribution is -2.33. The molecule has 0 radical (unpaired) electrons. The number of carboxylic acids is 1. The van der Waals surface area contributed by atoms with Crippen LogP contribution < -0.4 is 0 Å². The number of benzene rings is 1. The van der Waals surface area contributed by atoms with E-state index in [-0.39, 0.29) is 0 Å². The lowest BCUT2D eigenvalue weighted by Gasteiger charge is -2.31. The normalized spacial score (nSPS) is 27.4. The number of rotatable bonds is 2. The van der Waals surface area contributed by atoms with Gasteiger partial charge < -0.3 is 5.11 Å². The minimum atomic E-state index is -1.19. The summed E-state index contributed by atoms with van der Waals surface area (Å²) in [6.07, 6.45) is 2.27. The molecule has 0 aromatic heterocycles. The Morgan fingerprint density at radius 3 is 2.61 bits per heavy atom. The maximum Gasteiger partial charge on any atom is 0.324 e. The van der Waals surface area contributed by atoms with Crippen LogP contribution in [-0.2, 0) is 4.79 Å². The highest BCUT2D eigenvalue weighted by Crippen LogP contribution is 2.43. The summed E-state index contributed by atoms with van der Waals surface area (Å²) >= 11 is 5.95. The second kappa shape index (κ2) is 4.99. The van der Waals surface area contributed by atoms with Gasteiger partial charge in [-0.3, -0.25) is 4.79 Å². The van der Waals surface area contributed by atoms with E-state index in [2.05, 4.69) is 0 Å². The van der Waals surface area contributed by atoms with Crippen molar-refractivity contribution < 1.29 is 9.90 Å². The van der Waals surface area contributed by atoms with Gasteiger partial charge in [0.1, 0.15) is 0 Å². The van der Waals surface area contributed by atoms with Crippen molar-refractivity contribution in [2.75, 3.05) is 0 Å². The molecule has 1 aromatic carbocycles. The van der Waals surface area contributed by atoms with Crippen LogP contribution in [0.3, 0.4) is 0 Å². The number of carbonyl (C=O) groups is 1. The maximum atomic E-state index is 11.2. The molecule has 1 N–H and O–H groups in total. The molecule has 0 amide bonds. The molecule has 0 bridgehead atoms. The van der Waals surface area contributed by atoms with Crippen LogP contribution in [0.2, 0.25) is 5.02 Å². The number of halogens is 1. The highest BCUT2D eigenvalue weighted by atomic mass is 35.5. The molecule has 1 aliphatic rings. The van der Waals surface area contributed by atoms with Gasteiger partial charge in [-0.25, -0.2) is 0 Å². The summed E-state index contributed by atoms with van der Waals surface area (Å²) in [5.74, 6) is -0.681. The Hall–Kier alpha value is -1.53. The third-order valence-corrected chi connectivity index (χ3v) is 4.02. The number of aliphatic carboxylic acids is 1. The summed E-state index contributed by atoms with van der Waals surface area (Å²) in [5, 5.41) is 18.9. The maximum absolute atomic E-state index is 11.2. The third-order valence-electron chi connectivity index (χ3n) is 3.78. The van der Waals surface area contributed by atoms with Gasteiger partial charge >= 0.3 is 5.97 Å². The monoisotopic (exact) mass is 263 g/mol. The van der Waals surface area contributed by atoms with Gasteiger partial charge in [0.2, 0.25) is 0 Å². The predicted molar refractivity (Wildman–Crippen MR) is 68.3 cm³/mol. The van der Waals surface area contributed by atoms with Crippen LogP contribution in [0.25, 0.3) is 0 Å². The Morgan fingerprint density at radius 1 is 1.44 bits per heavy atom. The third kappa shape index (κ3) is 2.34. The van der Waals surface area contributed by atoms with E-state index in [0.29, 0.717) is 23.8 Å². The molecule has 0 unspecified atom stereocenters. The van der Waals surface area contributed by atoms with E-state index in [1.54, 1.807) is 0 Å². The zero-order chi connectivity index (χ0) is 13.2. The topological polar surface area (TPSA) is 61.1 Å². The number of hydrogen-bond acceptors (Lipinski definition) is 2. The molecule has 3 nitrogen and oxygen atoms in total.